The number of hydrogen-bond donors (Lipinski definition) is 0. The van der Waals surface area contributed by atoms with Crippen LogP contribution >= 0.6 is 0 Å². The number of ether oxygens (including phenoxy) is 2. The van der Waals surface area contributed by atoms with Gasteiger partial charge in [-0.2, -0.15) is 0 Å². The Labute approximate surface area is 189 Å². The van der Waals surface area contributed by atoms with Gasteiger partial charge >= 0.3 is 0 Å². The summed E-state index contributed by atoms with van der Waals surface area (Å²) in [5, 5.41) is 4.88. The van der Waals surface area contributed by atoms with Crippen LogP contribution in [0.4, 0.5) is 0 Å². The largest absolute Gasteiger partial charge is 0.488 e. The number of hydrogen-bond acceptors (Lipinski definition) is 4. The maximum Gasteiger partial charge on any atom is 0.128 e. The van der Waals surface area contributed by atoms with E-state index < -0.39 is 0 Å². The van der Waals surface area contributed by atoms with Crippen LogP contribution in [0.15, 0.2) is 48.5 Å². The normalized spacial score (nSPS) is 16.2. The van der Waals surface area contributed by atoms with Gasteiger partial charge in [0.05, 0.1) is 12.7 Å². The molecule has 1 aliphatic heterocycles. The van der Waals surface area contributed by atoms with E-state index >= 15 is 0 Å². The molecule has 0 aromatic heterocycles. The molecule has 1 saturated heterocycles. The Kier molecular flexibility index (Phi) is 8.53. The lowest BCUT2D eigenvalue weighted by Gasteiger charge is -2.33. The van der Waals surface area contributed by atoms with Gasteiger partial charge in [-0.15, -0.1) is 0 Å². The van der Waals surface area contributed by atoms with Gasteiger partial charge in [-0.1, -0.05) is 62.4 Å². The number of para-hydroxylation sites is 1. The van der Waals surface area contributed by atoms with Crippen molar-refractivity contribution in [2.24, 2.45) is 5.92 Å². The van der Waals surface area contributed by atoms with Crippen molar-refractivity contribution in [2.75, 3.05) is 13.1 Å². The van der Waals surface area contributed by atoms with E-state index in [4.69, 9.17) is 9.47 Å². The second-order valence-electron chi connectivity index (χ2n) is 9.64. The summed E-state index contributed by atoms with van der Waals surface area (Å²) in [6.45, 7) is 16.6. The highest BCUT2D eigenvalue weighted by molar-refractivity contribution is 5.42. The van der Waals surface area contributed by atoms with Crippen LogP contribution in [0.25, 0.3) is 0 Å². The van der Waals surface area contributed by atoms with E-state index in [0.717, 1.165) is 30.8 Å². The van der Waals surface area contributed by atoms with Crippen LogP contribution in [0.3, 0.4) is 0 Å². The van der Waals surface area contributed by atoms with Gasteiger partial charge in [0, 0.05) is 30.7 Å². The summed E-state index contributed by atoms with van der Waals surface area (Å²) in [7, 11) is 0. The van der Waals surface area contributed by atoms with E-state index in [0.29, 0.717) is 31.2 Å². The van der Waals surface area contributed by atoms with E-state index in [2.05, 4.69) is 94.0 Å². The van der Waals surface area contributed by atoms with E-state index in [1.165, 1.54) is 11.1 Å². The molecule has 0 radical (unpaired) electrons. The van der Waals surface area contributed by atoms with E-state index in [1.807, 2.05) is 6.07 Å². The fourth-order valence-electron chi connectivity index (χ4n) is 4.28. The molecule has 1 fully saturated rings. The van der Waals surface area contributed by atoms with Gasteiger partial charge in [0.15, 0.2) is 0 Å². The van der Waals surface area contributed by atoms with Crippen molar-refractivity contribution in [2.45, 2.75) is 79.4 Å². The number of benzene rings is 2. The van der Waals surface area contributed by atoms with Crippen LogP contribution in [0.5, 0.6) is 5.75 Å². The topological polar surface area (TPSA) is 24.9 Å². The van der Waals surface area contributed by atoms with Crippen molar-refractivity contribution >= 4 is 0 Å². The molecular formula is C27H40N2O2. The van der Waals surface area contributed by atoms with Gasteiger partial charge in [0.2, 0.25) is 0 Å². The molecule has 1 aliphatic rings. The summed E-state index contributed by atoms with van der Waals surface area (Å²) in [5.74, 6) is 1.57. The first kappa shape index (κ1) is 23.8. The van der Waals surface area contributed by atoms with Gasteiger partial charge in [-0.05, 0) is 51.2 Å². The fraction of sp³-hybridized carbons (Fsp3) is 0.556. The summed E-state index contributed by atoms with van der Waals surface area (Å²) in [6, 6.07) is 17.8. The quantitative estimate of drug-likeness (QED) is 0.488. The lowest BCUT2D eigenvalue weighted by molar-refractivity contribution is -0.0272. The summed E-state index contributed by atoms with van der Waals surface area (Å²) in [6.07, 6.45) is 1.21. The van der Waals surface area contributed by atoms with E-state index in [9.17, 15) is 0 Å². The molecule has 0 amide bonds. The molecule has 0 spiro atoms. The Bertz CT molecular complexity index is 788. The zero-order valence-electron chi connectivity index (χ0n) is 20.2. The molecule has 4 heteroatoms. The van der Waals surface area contributed by atoms with Gasteiger partial charge < -0.3 is 9.47 Å². The standard InChI is InChI=1S/C27H40N2O2/c1-20(2)15-24-13-10-14-25(27(24)31-18-23-11-8-7-9-12-23)19-30-26-16-28(21(3)4)29(17-26)22(5)6/h7-14,20-22,26H,15-19H2,1-6H3. The molecule has 0 N–H and O–H groups in total. The van der Waals surface area contributed by atoms with Crippen molar-refractivity contribution < 1.29 is 9.47 Å². The Morgan fingerprint density at radius 2 is 1.39 bits per heavy atom. The summed E-state index contributed by atoms with van der Waals surface area (Å²) < 4.78 is 12.8. The second kappa shape index (κ2) is 11.1. The molecule has 0 bridgehead atoms. The van der Waals surface area contributed by atoms with Gasteiger partial charge in [-0.3, -0.25) is 0 Å². The Morgan fingerprint density at radius 3 is 1.97 bits per heavy atom. The minimum atomic E-state index is 0.209. The molecule has 4 nitrogen and oxygen atoms in total. The molecule has 0 aliphatic carbocycles. The second-order valence-corrected chi connectivity index (χ2v) is 9.64. The van der Waals surface area contributed by atoms with E-state index in [1.54, 1.807) is 0 Å². The van der Waals surface area contributed by atoms with Gasteiger partial charge in [0.25, 0.3) is 0 Å². The van der Waals surface area contributed by atoms with Crippen LogP contribution < -0.4 is 4.74 Å². The average Bonchev–Trinajstić information content (AvgIpc) is 3.17. The van der Waals surface area contributed by atoms with Crippen LogP contribution in [-0.2, 0) is 24.4 Å². The highest BCUT2D eigenvalue weighted by atomic mass is 16.5. The molecule has 0 saturated carbocycles. The fourth-order valence-corrected chi connectivity index (χ4v) is 4.28. The van der Waals surface area contributed by atoms with Crippen LogP contribution in [0.2, 0.25) is 0 Å². The molecule has 0 unspecified atom stereocenters. The molecular weight excluding hydrogens is 384 g/mol. The molecule has 2 aromatic carbocycles. The summed E-state index contributed by atoms with van der Waals surface area (Å²) >= 11 is 0. The van der Waals surface area contributed by atoms with Gasteiger partial charge in [-0.25, -0.2) is 10.0 Å². The summed E-state index contributed by atoms with van der Waals surface area (Å²) in [5.41, 5.74) is 3.60. The van der Waals surface area contributed by atoms with Crippen molar-refractivity contribution in [1.29, 1.82) is 0 Å². The highest BCUT2D eigenvalue weighted by Gasteiger charge is 2.33. The van der Waals surface area contributed by atoms with Crippen molar-refractivity contribution in [1.82, 2.24) is 10.0 Å². The molecule has 1 heterocycles. The third kappa shape index (κ3) is 6.55. The smallest absolute Gasteiger partial charge is 0.128 e. The lowest BCUT2D eigenvalue weighted by atomic mass is 9.99. The van der Waals surface area contributed by atoms with Crippen molar-refractivity contribution in [3.05, 3.63) is 65.2 Å². The molecule has 0 atom stereocenters. The third-order valence-electron chi connectivity index (χ3n) is 5.81. The maximum atomic E-state index is 6.44. The number of hydrazine groups is 1. The van der Waals surface area contributed by atoms with Crippen molar-refractivity contribution in [3.63, 3.8) is 0 Å². The molecule has 3 rings (SSSR count). The minimum Gasteiger partial charge on any atom is -0.488 e. The van der Waals surface area contributed by atoms with Crippen LogP contribution in [0, 0.1) is 5.92 Å². The predicted molar refractivity (Wildman–Crippen MR) is 128 cm³/mol. The van der Waals surface area contributed by atoms with Crippen LogP contribution in [0.1, 0.15) is 58.2 Å². The average molecular weight is 425 g/mol. The minimum absolute atomic E-state index is 0.209. The molecule has 2 aromatic rings. The number of rotatable bonds is 10. The molecule has 170 valence electrons. The third-order valence-corrected chi connectivity index (χ3v) is 5.81. The zero-order chi connectivity index (χ0) is 22.4. The lowest BCUT2D eigenvalue weighted by Crippen LogP contribution is -2.44. The first-order valence-electron chi connectivity index (χ1n) is 11.8. The Morgan fingerprint density at radius 1 is 0.774 bits per heavy atom. The van der Waals surface area contributed by atoms with Crippen molar-refractivity contribution in [3.8, 4) is 5.75 Å². The van der Waals surface area contributed by atoms with E-state index in [-0.39, 0.29) is 6.10 Å². The van der Waals surface area contributed by atoms with Crippen LogP contribution in [-0.4, -0.2) is 41.3 Å². The first-order chi connectivity index (χ1) is 14.8. The summed E-state index contributed by atoms with van der Waals surface area (Å²) in [4.78, 5) is 0. The monoisotopic (exact) mass is 424 g/mol. The Hall–Kier alpha value is -1.88. The predicted octanol–water partition coefficient (Wildman–Crippen LogP) is 5.70. The number of nitrogens with zero attached hydrogens (tertiary/aromatic N) is 2. The van der Waals surface area contributed by atoms with Gasteiger partial charge in [0.1, 0.15) is 12.4 Å². The zero-order valence-corrected chi connectivity index (χ0v) is 20.2. The Balaban J connectivity index is 1.72. The highest BCUT2D eigenvalue weighted by Crippen LogP contribution is 2.29. The molecule has 31 heavy (non-hydrogen) atoms. The maximum absolute atomic E-state index is 6.44. The SMILES string of the molecule is CC(C)Cc1cccc(COC2CN(C(C)C)N(C(C)C)C2)c1OCc1ccccc1. The first-order valence-corrected chi connectivity index (χ1v) is 11.8.